The number of anilines is 1. The SMILES string of the molecule is O=C(Nc1ccc(OC2CCCC2)cc1)C1(c2ccccc2Cl)CCCC1. The van der Waals surface area contributed by atoms with Crippen molar-refractivity contribution in [3.8, 4) is 5.75 Å². The van der Waals surface area contributed by atoms with E-state index in [-0.39, 0.29) is 5.91 Å². The standard InChI is InChI=1S/C23H26ClNO2/c24-21-10-4-3-9-20(21)23(15-5-6-16-23)22(26)25-17-11-13-19(14-12-17)27-18-7-1-2-8-18/h3-4,9-14,18H,1-2,5-8,15-16H2,(H,25,26). The second-order valence-electron chi connectivity index (χ2n) is 7.77. The van der Waals surface area contributed by atoms with Crippen LogP contribution in [-0.2, 0) is 10.2 Å². The number of halogens is 1. The third-order valence-corrected chi connectivity index (χ3v) is 6.33. The van der Waals surface area contributed by atoms with Crippen LogP contribution in [0.5, 0.6) is 5.75 Å². The molecule has 0 spiro atoms. The van der Waals surface area contributed by atoms with Gasteiger partial charge < -0.3 is 10.1 Å². The molecule has 2 fully saturated rings. The van der Waals surface area contributed by atoms with Gasteiger partial charge in [-0.05, 0) is 74.4 Å². The molecule has 0 aliphatic heterocycles. The van der Waals surface area contributed by atoms with E-state index in [2.05, 4.69) is 5.32 Å². The monoisotopic (exact) mass is 383 g/mol. The Morgan fingerprint density at radius 1 is 0.963 bits per heavy atom. The van der Waals surface area contributed by atoms with Crippen LogP contribution in [0, 0.1) is 0 Å². The number of carbonyl (C=O) groups excluding carboxylic acids is 1. The summed E-state index contributed by atoms with van der Waals surface area (Å²) in [6.45, 7) is 0. The van der Waals surface area contributed by atoms with Gasteiger partial charge in [0, 0.05) is 10.7 Å². The summed E-state index contributed by atoms with van der Waals surface area (Å²) in [5, 5.41) is 3.79. The fourth-order valence-electron chi connectivity index (χ4n) is 4.51. The normalized spacial score (nSPS) is 19.1. The maximum absolute atomic E-state index is 13.3. The zero-order chi connectivity index (χ0) is 18.7. The molecule has 2 aromatic rings. The van der Waals surface area contributed by atoms with Gasteiger partial charge in [-0.15, -0.1) is 0 Å². The van der Waals surface area contributed by atoms with Crippen LogP contribution in [0.1, 0.15) is 56.9 Å². The van der Waals surface area contributed by atoms with E-state index in [9.17, 15) is 4.79 Å². The van der Waals surface area contributed by atoms with Crippen LogP contribution in [0.4, 0.5) is 5.69 Å². The number of amides is 1. The fourth-order valence-corrected chi connectivity index (χ4v) is 4.83. The molecule has 2 aliphatic rings. The summed E-state index contributed by atoms with van der Waals surface area (Å²) in [6, 6.07) is 15.5. The average molecular weight is 384 g/mol. The Bertz CT molecular complexity index is 790. The van der Waals surface area contributed by atoms with E-state index in [0.717, 1.165) is 55.5 Å². The van der Waals surface area contributed by atoms with Crippen molar-refractivity contribution in [2.45, 2.75) is 62.9 Å². The minimum Gasteiger partial charge on any atom is -0.490 e. The van der Waals surface area contributed by atoms with Crippen LogP contribution in [0.3, 0.4) is 0 Å². The summed E-state index contributed by atoms with van der Waals surface area (Å²) in [6.07, 6.45) is 8.90. The first-order valence-corrected chi connectivity index (χ1v) is 10.4. The van der Waals surface area contributed by atoms with Gasteiger partial charge in [-0.1, -0.05) is 42.6 Å². The van der Waals surface area contributed by atoms with E-state index in [4.69, 9.17) is 16.3 Å². The lowest BCUT2D eigenvalue weighted by Crippen LogP contribution is -2.38. The molecule has 3 nitrogen and oxygen atoms in total. The first-order valence-electron chi connectivity index (χ1n) is 10.0. The predicted molar refractivity (Wildman–Crippen MR) is 110 cm³/mol. The third-order valence-electron chi connectivity index (χ3n) is 6.00. The van der Waals surface area contributed by atoms with E-state index in [1.165, 1.54) is 12.8 Å². The average Bonchev–Trinajstić information content (AvgIpc) is 3.36. The van der Waals surface area contributed by atoms with Gasteiger partial charge in [0.05, 0.1) is 11.5 Å². The van der Waals surface area contributed by atoms with E-state index >= 15 is 0 Å². The third kappa shape index (κ3) is 3.84. The molecule has 0 unspecified atom stereocenters. The van der Waals surface area contributed by atoms with Crippen LogP contribution in [0.2, 0.25) is 5.02 Å². The zero-order valence-electron chi connectivity index (χ0n) is 15.5. The highest BCUT2D eigenvalue weighted by Gasteiger charge is 2.43. The molecule has 2 aromatic carbocycles. The van der Waals surface area contributed by atoms with Gasteiger partial charge in [0.2, 0.25) is 5.91 Å². The minimum absolute atomic E-state index is 0.0394. The predicted octanol–water partition coefficient (Wildman–Crippen LogP) is 6.11. The Labute approximate surface area is 166 Å². The molecule has 2 aliphatic carbocycles. The van der Waals surface area contributed by atoms with Crippen LogP contribution in [0.15, 0.2) is 48.5 Å². The number of carbonyl (C=O) groups is 1. The second kappa shape index (κ2) is 7.93. The molecule has 4 rings (SSSR count). The smallest absolute Gasteiger partial charge is 0.235 e. The number of nitrogens with one attached hydrogen (secondary N) is 1. The summed E-state index contributed by atoms with van der Waals surface area (Å²) in [5.74, 6) is 0.916. The number of rotatable bonds is 5. The molecule has 2 saturated carbocycles. The van der Waals surface area contributed by atoms with Crippen molar-refractivity contribution in [2.75, 3.05) is 5.32 Å². The summed E-state index contributed by atoms with van der Waals surface area (Å²) < 4.78 is 6.01. The summed E-state index contributed by atoms with van der Waals surface area (Å²) in [7, 11) is 0. The van der Waals surface area contributed by atoms with Crippen molar-refractivity contribution in [1.29, 1.82) is 0 Å². The van der Waals surface area contributed by atoms with Gasteiger partial charge >= 0.3 is 0 Å². The number of hydrogen-bond acceptors (Lipinski definition) is 2. The highest BCUT2D eigenvalue weighted by molar-refractivity contribution is 6.31. The van der Waals surface area contributed by atoms with Crippen molar-refractivity contribution >= 4 is 23.2 Å². The lowest BCUT2D eigenvalue weighted by molar-refractivity contribution is -0.121. The molecule has 1 N–H and O–H groups in total. The van der Waals surface area contributed by atoms with Gasteiger partial charge in [-0.25, -0.2) is 0 Å². The van der Waals surface area contributed by atoms with Gasteiger partial charge in [-0.3, -0.25) is 4.79 Å². The van der Waals surface area contributed by atoms with Crippen LogP contribution >= 0.6 is 11.6 Å². The first-order chi connectivity index (χ1) is 13.2. The van der Waals surface area contributed by atoms with E-state index < -0.39 is 5.41 Å². The Hall–Kier alpha value is -2.00. The van der Waals surface area contributed by atoms with Gasteiger partial charge in [-0.2, -0.15) is 0 Å². The Morgan fingerprint density at radius 2 is 1.63 bits per heavy atom. The molecule has 0 atom stereocenters. The highest BCUT2D eigenvalue weighted by Crippen LogP contribution is 2.44. The molecular formula is C23H26ClNO2. The van der Waals surface area contributed by atoms with Crippen molar-refractivity contribution in [3.63, 3.8) is 0 Å². The molecule has 0 bridgehead atoms. The van der Waals surface area contributed by atoms with E-state index in [1.807, 2.05) is 48.5 Å². The second-order valence-corrected chi connectivity index (χ2v) is 8.18. The van der Waals surface area contributed by atoms with Crippen LogP contribution in [0.25, 0.3) is 0 Å². The van der Waals surface area contributed by atoms with Gasteiger partial charge in [0.1, 0.15) is 5.75 Å². The van der Waals surface area contributed by atoms with Crippen LogP contribution < -0.4 is 10.1 Å². The fraction of sp³-hybridized carbons (Fsp3) is 0.435. The largest absolute Gasteiger partial charge is 0.490 e. The summed E-state index contributed by atoms with van der Waals surface area (Å²) in [4.78, 5) is 13.3. The van der Waals surface area contributed by atoms with E-state index in [1.54, 1.807) is 0 Å². The van der Waals surface area contributed by atoms with Crippen molar-refractivity contribution < 1.29 is 9.53 Å². The Balaban J connectivity index is 1.49. The minimum atomic E-state index is -0.530. The summed E-state index contributed by atoms with van der Waals surface area (Å²) >= 11 is 6.45. The molecule has 0 saturated heterocycles. The molecule has 0 aromatic heterocycles. The lowest BCUT2D eigenvalue weighted by Gasteiger charge is -2.29. The lowest BCUT2D eigenvalue weighted by atomic mass is 9.78. The maximum atomic E-state index is 13.3. The van der Waals surface area contributed by atoms with Gasteiger partial charge in [0.25, 0.3) is 0 Å². The number of hydrogen-bond donors (Lipinski definition) is 1. The van der Waals surface area contributed by atoms with Crippen molar-refractivity contribution in [1.82, 2.24) is 0 Å². The van der Waals surface area contributed by atoms with Crippen LogP contribution in [-0.4, -0.2) is 12.0 Å². The Kier molecular flexibility index (Phi) is 5.40. The van der Waals surface area contributed by atoms with Crippen molar-refractivity contribution in [2.24, 2.45) is 0 Å². The molecule has 1 amide bonds. The number of ether oxygens (including phenoxy) is 1. The molecular weight excluding hydrogens is 358 g/mol. The first kappa shape index (κ1) is 18.4. The molecule has 4 heteroatoms. The van der Waals surface area contributed by atoms with E-state index in [0.29, 0.717) is 11.1 Å². The van der Waals surface area contributed by atoms with Gasteiger partial charge in [0.15, 0.2) is 0 Å². The topological polar surface area (TPSA) is 38.3 Å². The highest BCUT2D eigenvalue weighted by atomic mass is 35.5. The molecule has 27 heavy (non-hydrogen) atoms. The Morgan fingerprint density at radius 3 is 2.30 bits per heavy atom. The molecule has 0 heterocycles. The maximum Gasteiger partial charge on any atom is 0.235 e. The van der Waals surface area contributed by atoms with Crippen molar-refractivity contribution in [3.05, 3.63) is 59.1 Å². The molecule has 142 valence electrons. The quantitative estimate of drug-likeness (QED) is 0.676. The zero-order valence-corrected chi connectivity index (χ0v) is 16.3. The summed E-state index contributed by atoms with van der Waals surface area (Å²) in [5.41, 5.74) is 1.22. The molecule has 0 radical (unpaired) electrons. The number of benzene rings is 2.